The Balaban J connectivity index is 1.62. The number of aryl methyl sites for hydroxylation is 1. The third-order valence-corrected chi connectivity index (χ3v) is 5.64. The molecule has 0 saturated heterocycles. The van der Waals surface area contributed by atoms with Crippen LogP contribution < -0.4 is 5.32 Å². The number of hydrogen-bond donors (Lipinski definition) is 1. The highest BCUT2D eigenvalue weighted by Crippen LogP contribution is 2.28. The van der Waals surface area contributed by atoms with E-state index in [9.17, 15) is 4.79 Å². The normalized spacial score (nSPS) is 13.2. The topological polar surface area (TPSA) is 68.0 Å². The summed E-state index contributed by atoms with van der Waals surface area (Å²) in [6, 6.07) is 12.7. The molecule has 3 rings (SSSR count). The summed E-state index contributed by atoms with van der Waals surface area (Å²) in [6.45, 7) is 5.66. The summed E-state index contributed by atoms with van der Waals surface area (Å²) >= 11 is 13.3. The van der Waals surface area contributed by atoms with Gasteiger partial charge in [0.2, 0.25) is 11.8 Å². The van der Waals surface area contributed by atoms with Crippen molar-refractivity contribution >= 4 is 40.9 Å². The maximum absolute atomic E-state index is 12.5. The quantitative estimate of drug-likeness (QED) is 0.502. The van der Waals surface area contributed by atoms with Crippen LogP contribution in [-0.2, 0) is 4.79 Å². The number of carbonyl (C=O) groups is 1. The standard InChI is InChI=1S/C20H19Cl2N3O2S/c1-11-4-6-14(7-5-11)19-24-25-20(27-19)28-13(3)18(26)23-12(2)16-9-8-15(21)10-17(16)22/h4-10,12-13H,1-3H3,(H,23,26). The fourth-order valence-corrected chi connectivity index (χ4v) is 3.80. The lowest BCUT2D eigenvalue weighted by Crippen LogP contribution is -2.33. The van der Waals surface area contributed by atoms with Crippen molar-refractivity contribution in [1.29, 1.82) is 0 Å². The van der Waals surface area contributed by atoms with Gasteiger partial charge in [-0.05, 0) is 50.6 Å². The molecule has 1 aromatic heterocycles. The zero-order valence-electron chi connectivity index (χ0n) is 15.6. The van der Waals surface area contributed by atoms with E-state index in [-0.39, 0.29) is 11.9 Å². The first-order valence-electron chi connectivity index (χ1n) is 8.66. The molecule has 0 bridgehead atoms. The van der Waals surface area contributed by atoms with E-state index in [0.29, 0.717) is 21.2 Å². The van der Waals surface area contributed by atoms with Crippen molar-refractivity contribution in [2.45, 2.75) is 37.3 Å². The van der Waals surface area contributed by atoms with Crippen LogP contribution in [0, 0.1) is 6.92 Å². The van der Waals surface area contributed by atoms with E-state index in [4.69, 9.17) is 27.6 Å². The van der Waals surface area contributed by atoms with Crippen LogP contribution in [0.15, 0.2) is 52.1 Å². The Morgan fingerprint density at radius 2 is 1.82 bits per heavy atom. The minimum Gasteiger partial charge on any atom is -0.411 e. The molecule has 0 aliphatic rings. The predicted octanol–water partition coefficient (Wildman–Crippen LogP) is 5.71. The zero-order chi connectivity index (χ0) is 20.3. The highest BCUT2D eigenvalue weighted by atomic mass is 35.5. The second kappa shape index (κ2) is 8.99. The van der Waals surface area contributed by atoms with Gasteiger partial charge in [0.15, 0.2) is 0 Å². The van der Waals surface area contributed by atoms with Crippen LogP contribution in [0.5, 0.6) is 0 Å². The van der Waals surface area contributed by atoms with E-state index in [2.05, 4.69) is 15.5 Å². The summed E-state index contributed by atoms with van der Waals surface area (Å²) in [5.41, 5.74) is 2.79. The predicted molar refractivity (Wildman–Crippen MR) is 113 cm³/mol. The van der Waals surface area contributed by atoms with Gasteiger partial charge in [0.25, 0.3) is 5.22 Å². The van der Waals surface area contributed by atoms with Crippen molar-refractivity contribution in [2.24, 2.45) is 0 Å². The van der Waals surface area contributed by atoms with Gasteiger partial charge < -0.3 is 9.73 Å². The Hall–Kier alpha value is -2.02. The molecule has 3 aromatic rings. The molecule has 0 spiro atoms. The molecule has 2 aromatic carbocycles. The van der Waals surface area contributed by atoms with Gasteiger partial charge in [-0.15, -0.1) is 10.2 Å². The molecular weight excluding hydrogens is 417 g/mol. The molecule has 1 heterocycles. The smallest absolute Gasteiger partial charge is 0.277 e. The largest absolute Gasteiger partial charge is 0.411 e. The van der Waals surface area contributed by atoms with Crippen molar-refractivity contribution in [2.75, 3.05) is 0 Å². The van der Waals surface area contributed by atoms with Crippen LogP contribution in [0.4, 0.5) is 0 Å². The molecule has 28 heavy (non-hydrogen) atoms. The van der Waals surface area contributed by atoms with Crippen molar-refractivity contribution in [3.8, 4) is 11.5 Å². The van der Waals surface area contributed by atoms with E-state index in [1.165, 1.54) is 11.8 Å². The Labute approximate surface area is 177 Å². The number of thioether (sulfide) groups is 1. The molecule has 146 valence electrons. The van der Waals surface area contributed by atoms with Crippen molar-refractivity contribution in [1.82, 2.24) is 15.5 Å². The molecule has 0 aliphatic carbocycles. The average Bonchev–Trinajstić information content (AvgIpc) is 3.10. The first kappa shape index (κ1) is 20.7. The van der Waals surface area contributed by atoms with Gasteiger partial charge in [0.1, 0.15) is 0 Å². The number of rotatable bonds is 6. The highest BCUT2D eigenvalue weighted by Gasteiger charge is 2.21. The van der Waals surface area contributed by atoms with Crippen LogP contribution in [0.25, 0.3) is 11.5 Å². The summed E-state index contributed by atoms with van der Waals surface area (Å²) in [5, 5.41) is 12.0. The Bertz CT molecular complexity index is 976. The minimum atomic E-state index is -0.417. The Kier molecular flexibility index (Phi) is 6.65. The van der Waals surface area contributed by atoms with Crippen LogP contribution in [-0.4, -0.2) is 21.4 Å². The molecule has 5 nitrogen and oxygen atoms in total. The zero-order valence-corrected chi connectivity index (χ0v) is 17.9. The number of nitrogens with zero attached hydrogens (tertiary/aromatic N) is 2. The number of hydrogen-bond acceptors (Lipinski definition) is 5. The number of halogens is 2. The molecule has 0 radical (unpaired) electrons. The second-order valence-electron chi connectivity index (χ2n) is 6.40. The van der Waals surface area contributed by atoms with E-state index >= 15 is 0 Å². The van der Waals surface area contributed by atoms with Crippen LogP contribution in [0.1, 0.15) is 31.0 Å². The fraction of sp³-hybridized carbons (Fsp3) is 0.250. The van der Waals surface area contributed by atoms with Gasteiger partial charge >= 0.3 is 0 Å². The summed E-state index contributed by atoms with van der Waals surface area (Å²) in [6.07, 6.45) is 0. The summed E-state index contributed by atoms with van der Waals surface area (Å²) in [4.78, 5) is 12.5. The SMILES string of the molecule is Cc1ccc(-c2nnc(SC(C)C(=O)NC(C)c3ccc(Cl)cc3Cl)o2)cc1. The van der Waals surface area contributed by atoms with E-state index in [1.807, 2.05) is 38.1 Å². The van der Waals surface area contributed by atoms with Gasteiger partial charge in [-0.25, -0.2) is 0 Å². The van der Waals surface area contributed by atoms with Crippen molar-refractivity contribution in [3.63, 3.8) is 0 Å². The van der Waals surface area contributed by atoms with E-state index in [0.717, 1.165) is 16.7 Å². The van der Waals surface area contributed by atoms with Crippen molar-refractivity contribution < 1.29 is 9.21 Å². The number of carbonyl (C=O) groups excluding carboxylic acids is 1. The Morgan fingerprint density at radius 1 is 1.11 bits per heavy atom. The van der Waals surface area contributed by atoms with Gasteiger partial charge in [0.05, 0.1) is 11.3 Å². The second-order valence-corrected chi connectivity index (χ2v) is 8.53. The van der Waals surface area contributed by atoms with Crippen LogP contribution >= 0.6 is 35.0 Å². The monoisotopic (exact) mass is 435 g/mol. The van der Waals surface area contributed by atoms with E-state index < -0.39 is 5.25 Å². The maximum atomic E-state index is 12.5. The van der Waals surface area contributed by atoms with Gasteiger partial charge in [-0.2, -0.15) is 0 Å². The molecular formula is C20H19Cl2N3O2S. The minimum absolute atomic E-state index is 0.154. The molecule has 0 aliphatic heterocycles. The Morgan fingerprint density at radius 3 is 2.50 bits per heavy atom. The fourth-order valence-electron chi connectivity index (χ4n) is 2.54. The molecule has 0 fully saturated rings. The third-order valence-electron chi connectivity index (χ3n) is 4.14. The number of amides is 1. The summed E-state index contributed by atoms with van der Waals surface area (Å²) < 4.78 is 5.68. The van der Waals surface area contributed by atoms with Crippen LogP contribution in [0.3, 0.4) is 0 Å². The maximum Gasteiger partial charge on any atom is 0.277 e. The molecule has 2 atom stereocenters. The summed E-state index contributed by atoms with van der Waals surface area (Å²) in [5.74, 6) is 0.273. The number of nitrogens with one attached hydrogen (secondary N) is 1. The first-order chi connectivity index (χ1) is 13.3. The number of aromatic nitrogens is 2. The lowest BCUT2D eigenvalue weighted by atomic mass is 10.1. The molecule has 8 heteroatoms. The third kappa shape index (κ3) is 5.07. The summed E-state index contributed by atoms with van der Waals surface area (Å²) in [7, 11) is 0. The first-order valence-corrected chi connectivity index (χ1v) is 10.3. The molecule has 1 amide bonds. The molecule has 1 N–H and O–H groups in total. The number of benzene rings is 2. The van der Waals surface area contributed by atoms with Crippen LogP contribution in [0.2, 0.25) is 10.0 Å². The van der Waals surface area contributed by atoms with Gasteiger partial charge in [-0.3, -0.25) is 4.79 Å². The van der Waals surface area contributed by atoms with E-state index in [1.54, 1.807) is 25.1 Å². The van der Waals surface area contributed by atoms with Gasteiger partial charge in [-0.1, -0.05) is 58.7 Å². The molecule has 0 saturated carbocycles. The average molecular weight is 436 g/mol. The lowest BCUT2D eigenvalue weighted by molar-refractivity contribution is -0.120. The molecule has 2 unspecified atom stereocenters. The van der Waals surface area contributed by atoms with Gasteiger partial charge in [0, 0.05) is 15.6 Å². The highest BCUT2D eigenvalue weighted by molar-refractivity contribution is 8.00. The lowest BCUT2D eigenvalue weighted by Gasteiger charge is -2.18. The van der Waals surface area contributed by atoms with Crippen molar-refractivity contribution in [3.05, 3.63) is 63.6 Å².